The summed E-state index contributed by atoms with van der Waals surface area (Å²) in [4.78, 5) is 31.8. The summed E-state index contributed by atoms with van der Waals surface area (Å²) in [5.41, 5.74) is -1.35. The van der Waals surface area contributed by atoms with Gasteiger partial charge in [-0.2, -0.15) is 4.99 Å². The molecule has 0 saturated carbocycles. The lowest BCUT2D eigenvalue weighted by Crippen LogP contribution is -2.65. The van der Waals surface area contributed by atoms with E-state index in [0.717, 1.165) is 0 Å². The molecule has 1 fully saturated rings. The first-order valence-electron chi connectivity index (χ1n) is 9.02. The Hall–Kier alpha value is -2.48. The molecule has 7 nitrogen and oxygen atoms in total. The molecule has 2 heterocycles. The minimum absolute atomic E-state index is 0.0431. The molecule has 0 aromatic heterocycles. The highest BCUT2D eigenvalue weighted by Crippen LogP contribution is 2.41. The highest BCUT2D eigenvalue weighted by atomic mass is 19.1. The highest BCUT2D eigenvalue weighted by molar-refractivity contribution is 6.19. The summed E-state index contributed by atoms with van der Waals surface area (Å²) in [7, 11) is 0. The van der Waals surface area contributed by atoms with Gasteiger partial charge >= 0.3 is 12.1 Å². The molecule has 0 radical (unpaired) electrons. The molecule has 2 N–H and O–H groups in total. The van der Waals surface area contributed by atoms with Crippen LogP contribution in [-0.4, -0.2) is 51.6 Å². The van der Waals surface area contributed by atoms with Crippen LogP contribution in [0.4, 0.5) is 19.7 Å². The van der Waals surface area contributed by atoms with Crippen LogP contribution < -0.4 is 10.2 Å². The molecule has 1 aromatic rings. The standard InChI is InChI=1S/C19H25FN4O3/c1-12-11-19(8-9-21-12)15(24(17(26)27)18(2,3)4)22-16(25)23(19)14-7-5-6-13(20)10-14/h5-7,10,12,21H,8-9,11H2,1-4H3,(H,26,27)/t12-,19+/m0/s1. The number of carboxylic acid groups (broad SMARTS) is 1. The second-order valence-corrected chi connectivity index (χ2v) is 8.16. The molecule has 0 bridgehead atoms. The number of nitrogens with one attached hydrogen (secondary N) is 1. The lowest BCUT2D eigenvalue weighted by atomic mass is 9.81. The molecule has 8 heteroatoms. The number of rotatable bonds is 1. The first-order chi connectivity index (χ1) is 12.6. The van der Waals surface area contributed by atoms with Gasteiger partial charge in [0.25, 0.3) is 0 Å². The number of nitrogens with zero attached hydrogens (tertiary/aromatic N) is 3. The van der Waals surface area contributed by atoms with E-state index >= 15 is 0 Å². The average molecular weight is 376 g/mol. The van der Waals surface area contributed by atoms with E-state index in [9.17, 15) is 19.1 Å². The van der Waals surface area contributed by atoms with Gasteiger partial charge in [-0.15, -0.1) is 0 Å². The van der Waals surface area contributed by atoms with Crippen LogP contribution in [0.2, 0.25) is 0 Å². The van der Waals surface area contributed by atoms with E-state index in [2.05, 4.69) is 10.3 Å². The fourth-order valence-electron chi connectivity index (χ4n) is 4.07. The lowest BCUT2D eigenvalue weighted by molar-refractivity contribution is 0.135. The summed E-state index contributed by atoms with van der Waals surface area (Å²) < 4.78 is 13.9. The molecule has 3 amide bonds. The van der Waals surface area contributed by atoms with Gasteiger partial charge in [0.2, 0.25) is 0 Å². The van der Waals surface area contributed by atoms with Crippen LogP contribution in [0, 0.1) is 5.82 Å². The molecule has 0 unspecified atom stereocenters. The molecule has 0 aliphatic carbocycles. The number of carbonyl (C=O) groups is 2. The summed E-state index contributed by atoms with van der Waals surface area (Å²) in [6.07, 6.45) is -0.201. The average Bonchev–Trinajstić information content (AvgIpc) is 2.77. The maximum absolute atomic E-state index is 13.9. The van der Waals surface area contributed by atoms with Crippen LogP contribution >= 0.6 is 0 Å². The number of urea groups is 1. The van der Waals surface area contributed by atoms with Crippen LogP contribution in [0.15, 0.2) is 29.3 Å². The van der Waals surface area contributed by atoms with Crippen molar-refractivity contribution in [2.45, 2.75) is 57.7 Å². The Kier molecular flexibility index (Phi) is 4.71. The monoisotopic (exact) mass is 376 g/mol. The van der Waals surface area contributed by atoms with E-state index in [1.165, 1.54) is 28.0 Å². The molecule has 2 atom stereocenters. The summed E-state index contributed by atoms with van der Waals surface area (Å²) in [5.74, 6) is -0.248. The van der Waals surface area contributed by atoms with Crippen molar-refractivity contribution in [2.75, 3.05) is 11.4 Å². The number of hydrogen-bond acceptors (Lipinski definition) is 3. The maximum Gasteiger partial charge on any atom is 0.413 e. The minimum Gasteiger partial charge on any atom is -0.465 e. The van der Waals surface area contributed by atoms with Gasteiger partial charge in [-0.1, -0.05) is 6.07 Å². The van der Waals surface area contributed by atoms with Gasteiger partial charge < -0.3 is 10.4 Å². The smallest absolute Gasteiger partial charge is 0.413 e. The number of amidine groups is 1. The van der Waals surface area contributed by atoms with Crippen LogP contribution in [0.25, 0.3) is 0 Å². The number of anilines is 1. The summed E-state index contributed by atoms with van der Waals surface area (Å²) >= 11 is 0. The molecule has 27 heavy (non-hydrogen) atoms. The zero-order valence-corrected chi connectivity index (χ0v) is 16.0. The van der Waals surface area contributed by atoms with Crippen molar-refractivity contribution in [2.24, 2.45) is 4.99 Å². The SMILES string of the molecule is C[C@H]1C[C@]2(CCN1)C(N(C(=O)O)C(C)(C)C)=NC(=O)N2c1cccc(F)c1. The number of benzene rings is 1. The molecule has 146 valence electrons. The second kappa shape index (κ2) is 6.60. The Balaban J connectivity index is 2.18. The zero-order valence-electron chi connectivity index (χ0n) is 16.0. The Labute approximate surface area is 157 Å². The summed E-state index contributed by atoms with van der Waals surface area (Å²) in [6, 6.07) is 5.25. The molecular weight excluding hydrogens is 351 g/mol. The molecule has 3 rings (SSSR count). The molecular formula is C19H25FN4O3. The third-order valence-corrected chi connectivity index (χ3v) is 5.05. The van der Waals surface area contributed by atoms with Crippen molar-refractivity contribution in [1.82, 2.24) is 10.2 Å². The van der Waals surface area contributed by atoms with Gasteiger partial charge in [0.05, 0.1) is 0 Å². The second-order valence-electron chi connectivity index (χ2n) is 8.16. The van der Waals surface area contributed by atoms with Gasteiger partial charge in [0.1, 0.15) is 17.2 Å². The van der Waals surface area contributed by atoms with Gasteiger partial charge in [-0.3, -0.25) is 9.80 Å². The van der Waals surface area contributed by atoms with Crippen molar-refractivity contribution in [1.29, 1.82) is 0 Å². The van der Waals surface area contributed by atoms with Crippen molar-refractivity contribution < 1.29 is 19.1 Å². The molecule has 1 aromatic carbocycles. The van der Waals surface area contributed by atoms with Gasteiger partial charge in [-0.25, -0.2) is 14.0 Å². The van der Waals surface area contributed by atoms with Crippen molar-refractivity contribution in [3.8, 4) is 0 Å². The quantitative estimate of drug-likeness (QED) is 0.786. The van der Waals surface area contributed by atoms with Gasteiger partial charge in [0.15, 0.2) is 0 Å². The Bertz CT molecular complexity index is 804. The largest absolute Gasteiger partial charge is 0.465 e. The molecule has 2 aliphatic rings. The number of piperidine rings is 1. The Morgan fingerprint density at radius 1 is 1.44 bits per heavy atom. The van der Waals surface area contributed by atoms with Crippen molar-refractivity contribution >= 4 is 23.6 Å². The van der Waals surface area contributed by atoms with E-state index in [4.69, 9.17) is 0 Å². The van der Waals surface area contributed by atoms with E-state index in [-0.39, 0.29) is 11.9 Å². The van der Waals surface area contributed by atoms with Crippen LogP contribution in [0.1, 0.15) is 40.5 Å². The normalized spacial score (nSPS) is 25.7. The number of amides is 3. The minimum atomic E-state index is -1.17. The van der Waals surface area contributed by atoms with Crippen LogP contribution in [0.3, 0.4) is 0 Å². The van der Waals surface area contributed by atoms with Gasteiger partial charge in [-0.05, 0) is 65.3 Å². The topological polar surface area (TPSA) is 85.2 Å². The first-order valence-corrected chi connectivity index (χ1v) is 9.02. The Morgan fingerprint density at radius 3 is 2.70 bits per heavy atom. The zero-order chi connectivity index (χ0) is 20.0. The van der Waals surface area contributed by atoms with Crippen molar-refractivity contribution in [3.05, 3.63) is 30.1 Å². The molecule has 2 aliphatic heterocycles. The predicted octanol–water partition coefficient (Wildman–Crippen LogP) is 3.45. The fourth-order valence-corrected chi connectivity index (χ4v) is 4.07. The molecule has 1 saturated heterocycles. The van der Waals surface area contributed by atoms with Crippen LogP contribution in [-0.2, 0) is 0 Å². The number of carbonyl (C=O) groups excluding carboxylic acids is 1. The highest BCUT2D eigenvalue weighted by Gasteiger charge is 2.56. The summed E-state index contributed by atoms with van der Waals surface area (Å²) in [5, 5.41) is 13.2. The summed E-state index contributed by atoms with van der Waals surface area (Å²) in [6.45, 7) is 7.86. The number of hydrogen-bond donors (Lipinski definition) is 2. The van der Waals surface area contributed by atoms with Crippen molar-refractivity contribution in [3.63, 3.8) is 0 Å². The van der Waals surface area contributed by atoms with E-state index < -0.39 is 29.0 Å². The van der Waals surface area contributed by atoms with E-state index in [1.54, 1.807) is 26.8 Å². The van der Waals surface area contributed by atoms with E-state index in [0.29, 0.717) is 25.1 Å². The number of aliphatic imine (C=N–C) groups is 1. The third kappa shape index (κ3) is 3.29. The predicted molar refractivity (Wildman–Crippen MR) is 101 cm³/mol. The lowest BCUT2D eigenvalue weighted by Gasteiger charge is -2.47. The van der Waals surface area contributed by atoms with E-state index in [1.807, 2.05) is 6.92 Å². The first kappa shape index (κ1) is 19.3. The number of halogens is 1. The third-order valence-electron chi connectivity index (χ3n) is 5.05. The van der Waals surface area contributed by atoms with Gasteiger partial charge in [0, 0.05) is 17.3 Å². The Morgan fingerprint density at radius 2 is 2.15 bits per heavy atom. The van der Waals surface area contributed by atoms with Crippen LogP contribution in [0.5, 0.6) is 0 Å². The maximum atomic E-state index is 13.9. The molecule has 1 spiro atoms. The fraction of sp³-hybridized carbons (Fsp3) is 0.526.